The Hall–Kier alpha value is -2.51. The van der Waals surface area contributed by atoms with Crippen molar-refractivity contribution < 1.29 is 4.79 Å². The van der Waals surface area contributed by atoms with Gasteiger partial charge in [0.15, 0.2) is 0 Å². The van der Waals surface area contributed by atoms with Gasteiger partial charge in [-0.15, -0.1) is 11.3 Å². The van der Waals surface area contributed by atoms with Crippen molar-refractivity contribution in [3.8, 4) is 10.4 Å². The Morgan fingerprint density at radius 3 is 2.55 bits per heavy atom. The van der Waals surface area contributed by atoms with E-state index in [-0.39, 0.29) is 5.91 Å². The second kappa shape index (κ2) is 11.2. The highest BCUT2D eigenvalue weighted by molar-refractivity contribution is 7.21. The molecule has 0 fully saturated rings. The van der Waals surface area contributed by atoms with Crippen molar-refractivity contribution in [3.63, 3.8) is 0 Å². The number of hydrogen-bond acceptors (Lipinski definition) is 6. The van der Waals surface area contributed by atoms with Gasteiger partial charge in [0.05, 0.1) is 5.39 Å². The number of rotatable bonds is 11. The molecule has 1 N–H and O–H groups in total. The highest BCUT2D eigenvalue weighted by Crippen LogP contribution is 2.36. The summed E-state index contributed by atoms with van der Waals surface area (Å²) < 4.78 is 0. The van der Waals surface area contributed by atoms with Gasteiger partial charge in [-0.3, -0.25) is 4.79 Å². The van der Waals surface area contributed by atoms with E-state index in [4.69, 9.17) is 0 Å². The Morgan fingerprint density at radius 1 is 1.10 bits per heavy atom. The highest BCUT2D eigenvalue weighted by Gasteiger charge is 2.15. The van der Waals surface area contributed by atoms with E-state index in [1.54, 1.807) is 11.3 Å². The first-order valence-corrected chi connectivity index (χ1v) is 11.9. The molecule has 3 rings (SSSR count). The minimum Gasteiger partial charge on any atom is -0.359 e. The first kappa shape index (κ1) is 23.2. The zero-order valence-corrected chi connectivity index (χ0v) is 19.8. The number of carbonyl (C=O) groups excluding carboxylic acids is 1. The van der Waals surface area contributed by atoms with Crippen LogP contribution in [-0.4, -0.2) is 60.5 Å². The van der Waals surface area contributed by atoms with E-state index in [0.29, 0.717) is 13.0 Å². The second-order valence-corrected chi connectivity index (χ2v) is 8.72. The molecule has 0 aliphatic carbocycles. The van der Waals surface area contributed by atoms with Crippen LogP contribution in [0.15, 0.2) is 36.4 Å². The number of benzene rings is 1. The zero-order valence-electron chi connectivity index (χ0n) is 19.0. The van der Waals surface area contributed by atoms with E-state index >= 15 is 0 Å². The molecule has 7 heteroatoms. The average molecular weight is 440 g/mol. The van der Waals surface area contributed by atoms with Gasteiger partial charge in [0.1, 0.15) is 16.5 Å². The predicted octanol–water partition coefficient (Wildman–Crippen LogP) is 4.34. The number of nitrogens with zero attached hydrogens (tertiary/aromatic N) is 4. The molecule has 2 heterocycles. The number of fused-ring (bicyclic) bond motifs is 1. The lowest BCUT2D eigenvalue weighted by Crippen LogP contribution is -2.32. The largest absolute Gasteiger partial charge is 0.359 e. The van der Waals surface area contributed by atoms with E-state index in [0.717, 1.165) is 54.5 Å². The fraction of sp³-hybridized carbons (Fsp3) is 0.458. The molecule has 0 saturated heterocycles. The Kier molecular flexibility index (Phi) is 8.37. The van der Waals surface area contributed by atoms with Crippen LogP contribution in [0.25, 0.3) is 20.7 Å². The Balaban J connectivity index is 1.61. The summed E-state index contributed by atoms with van der Waals surface area (Å²) in [5.74, 6) is 1.72. The van der Waals surface area contributed by atoms with Crippen LogP contribution >= 0.6 is 11.3 Å². The number of thiophene rings is 1. The van der Waals surface area contributed by atoms with Crippen LogP contribution in [0, 0.1) is 6.92 Å². The van der Waals surface area contributed by atoms with E-state index in [1.165, 1.54) is 10.4 Å². The van der Waals surface area contributed by atoms with E-state index in [9.17, 15) is 4.79 Å². The number of carbonyl (C=O) groups is 1. The van der Waals surface area contributed by atoms with Gasteiger partial charge in [-0.05, 0) is 44.6 Å². The fourth-order valence-corrected chi connectivity index (χ4v) is 4.66. The number of nitrogens with one attached hydrogen (secondary N) is 1. The molecular formula is C24H33N5OS. The molecule has 0 atom stereocenters. The van der Waals surface area contributed by atoms with Crippen molar-refractivity contribution in [3.05, 3.63) is 42.2 Å². The third kappa shape index (κ3) is 6.24. The maximum Gasteiger partial charge on any atom is 0.221 e. The molecular weight excluding hydrogens is 406 g/mol. The molecule has 6 nitrogen and oxygen atoms in total. The molecule has 1 aromatic carbocycles. The molecule has 0 spiro atoms. The van der Waals surface area contributed by atoms with Crippen LogP contribution in [0.4, 0.5) is 5.82 Å². The second-order valence-electron chi connectivity index (χ2n) is 7.69. The summed E-state index contributed by atoms with van der Waals surface area (Å²) in [6.07, 6.45) is 1.42. The third-order valence-electron chi connectivity index (χ3n) is 5.45. The van der Waals surface area contributed by atoms with Gasteiger partial charge in [-0.25, -0.2) is 9.97 Å². The van der Waals surface area contributed by atoms with Crippen LogP contribution in [0.2, 0.25) is 0 Å². The summed E-state index contributed by atoms with van der Waals surface area (Å²) in [6, 6.07) is 12.5. The minimum atomic E-state index is 0.0868. The number of aryl methyl sites for hydroxylation is 1. The minimum absolute atomic E-state index is 0.0868. The van der Waals surface area contributed by atoms with Crippen LogP contribution in [0.1, 0.15) is 32.5 Å². The molecule has 0 bridgehead atoms. The quantitative estimate of drug-likeness (QED) is 0.450. The fourth-order valence-electron chi connectivity index (χ4n) is 3.58. The summed E-state index contributed by atoms with van der Waals surface area (Å²) in [7, 11) is 1.99. The molecule has 0 aliphatic heterocycles. The lowest BCUT2D eigenvalue weighted by atomic mass is 10.2. The average Bonchev–Trinajstić information content (AvgIpc) is 3.21. The van der Waals surface area contributed by atoms with Gasteiger partial charge in [0.2, 0.25) is 5.91 Å². The SMILES string of the molecule is CCN(CC)CCCNC(=O)CCN(C)c1nc(C)nc2sc(-c3ccccc3)cc12. The molecule has 31 heavy (non-hydrogen) atoms. The first-order valence-electron chi connectivity index (χ1n) is 11.1. The van der Waals surface area contributed by atoms with Gasteiger partial charge in [-0.2, -0.15) is 0 Å². The first-order chi connectivity index (χ1) is 15.0. The van der Waals surface area contributed by atoms with Crippen molar-refractivity contribution in [1.82, 2.24) is 20.2 Å². The normalized spacial score (nSPS) is 11.3. The molecule has 3 aromatic rings. The topological polar surface area (TPSA) is 61.4 Å². The Labute approximate surface area is 189 Å². The molecule has 0 radical (unpaired) electrons. The van der Waals surface area contributed by atoms with Crippen LogP contribution in [0.5, 0.6) is 0 Å². The van der Waals surface area contributed by atoms with Gasteiger partial charge >= 0.3 is 0 Å². The van der Waals surface area contributed by atoms with Crippen molar-refractivity contribution in [1.29, 1.82) is 0 Å². The molecule has 0 aliphatic rings. The third-order valence-corrected chi connectivity index (χ3v) is 6.52. The molecule has 0 unspecified atom stereocenters. The summed E-state index contributed by atoms with van der Waals surface area (Å²) >= 11 is 1.68. The highest BCUT2D eigenvalue weighted by atomic mass is 32.1. The van der Waals surface area contributed by atoms with E-state index < -0.39 is 0 Å². The van der Waals surface area contributed by atoms with E-state index in [2.05, 4.69) is 57.1 Å². The van der Waals surface area contributed by atoms with E-state index in [1.807, 2.05) is 32.2 Å². The lowest BCUT2D eigenvalue weighted by Gasteiger charge is -2.19. The Morgan fingerprint density at radius 2 is 1.84 bits per heavy atom. The van der Waals surface area contributed by atoms with Gasteiger partial charge in [0, 0.05) is 31.4 Å². The van der Waals surface area contributed by atoms with Gasteiger partial charge in [-0.1, -0.05) is 44.2 Å². The van der Waals surface area contributed by atoms with Gasteiger partial charge < -0.3 is 15.1 Å². The van der Waals surface area contributed by atoms with Crippen LogP contribution in [-0.2, 0) is 4.79 Å². The predicted molar refractivity (Wildman–Crippen MR) is 131 cm³/mol. The standard InChI is InChI=1S/C24H33N5OS/c1-5-29(6-2)15-10-14-25-22(30)13-16-28(4)23-20-17-21(19-11-8-7-9-12-19)31-24(20)27-18(3)26-23/h7-9,11-12,17H,5-6,10,13-16H2,1-4H3,(H,25,30). The van der Waals surface area contributed by atoms with Crippen molar-refractivity contribution in [2.45, 2.75) is 33.6 Å². The van der Waals surface area contributed by atoms with Gasteiger partial charge in [0.25, 0.3) is 0 Å². The summed E-state index contributed by atoms with van der Waals surface area (Å²) in [6.45, 7) is 10.7. The molecule has 0 saturated carbocycles. The molecule has 166 valence electrons. The smallest absolute Gasteiger partial charge is 0.221 e. The maximum absolute atomic E-state index is 12.3. The van der Waals surface area contributed by atoms with Crippen molar-refractivity contribution in [2.75, 3.05) is 44.7 Å². The Bertz CT molecular complexity index is 984. The van der Waals surface area contributed by atoms with Crippen LogP contribution < -0.4 is 10.2 Å². The van der Waals surface area contributed by atoms with Crippen molar-refractivity contribution in [2.24, 2.45) is 0 Å². The zero-order chi connectivity index (χ0) is 22.2. The molecule has 2 aromatic heterocycles. The number of aromatic nitrogens is 2. The summed E-state index contributed by atoms with van der Waals surface area (Å²) in [5.41, 5.74) is 1.18. The van der Waals surface area contributed by atoms with Crippen LogP contribution in [0.3, 0.4) is 0 Å². The van der Waals surface area contributed by atoms with Crippen molar-refractivity contribution >= 4 is 33.3 Å². The summed E-state index contributed by atoms with van der Waals surface area (Å²) in [4.78, 5) is 28.2. The number of hydrogen-bond donors (Lipinski definition) is 1. The monoisotopic (exact) mass is 439 g/mol. The lowest BCUT2D eigenvalue weighted by molar-refractivity contribution is -0.120. The number of anilines is 1. The number of amides is 1. The maximum atomic E-state index is 12.3. The summed E-state index contributed by atoms with van der Waals surface area (Å²) in [5, 5.41) is 4.08. The molecule has 1 amide bonds.